The van der Waals surface area contributed by atoms with Gasteiger partial charge in [0.15, 0.2) is 0 Å². The first-order valence-corrected chi connectivity index (χ1v) is 3.25. The Morgan fingerprint density at radius 1 is 1.00 bits per heavy atom. The molecule has 1 heterocycles. The Hall–Kier alpha value is -2.12. The van der Waals surface area contributed by atoms with Crippen LogP contribution in [0, 0.1) is 5.41 Å². The molecule has 8 heteroatoms. The molecule has 1 rings (SSSR count). The van der Waals surface area contributed by atoms with Crippen LogP contribution >= 0.6 is 0 Å². The summed E-state index contributed by atoms with van der Waals surface area (Å²) >= 11 is 0. The lowest BCUT2D eigenvalue weighted by atomic mass is 10.8. The minimum absolute atomic E-state index is 0.0417. The van der Waals surface area contributed by atoms with Gasteiger partial charge in [-0.15, -0.1) is 0 Å². The van der Waals surface area contributed by atoms with E-state index in [0.29, 0.717) is 0 Å². The lowest BCUT2D eigenvalue weighted by molar-refractivity contribution is 1.09. The van der Waals surface area contributed by atoms with E-state index in [4.69, 9.17) is 28.3 Å². The molecule has 0 aromatic carbocycles. The molecule has 0 aliphatic rings. The number of aromatic nitrogens is 3. The molecule has 0 aliphatic carbocycles. The smallest absolute Gasteiger partial charge is 0.226 e. The number of nitrogens with zero attached hydrogens (tertiary/aromatic N) is 3. The predicted molar refractivity (Wildman–Crippen MR) is 50.7 cm³/mol. The number of rotatable bonds is 0. The third-order valence-corrected chi connectivity index (χ3v) is 0.687. The van der Waals surface area contributed by atoms with Crippen LogP contribution in [0.15, 0.2) is 0 Å². The summed E-state index contributed by atoms with van der Waals surface area (Å²) in [6, 6.07) is 0. The largest absolute Gasteiger partial charge is 0.388 e. The lowest BCUT2D eigenvalue weighted by Gasteiger charge is -1.93. The Morgan fingerprint density at radius 2 is 1.15 bits per heavy atom. The zero-order valence-electron chi connectivity index (χ0n) is 7.15. The van der Waals surface area contributed by atoms with E-state index in [0.717, 1.165) is 0 Å². The fourth-order valence-electron chi connectivity index (χ4n) is 0.427. The fourth-order valence-corrected chi connectivity index (χ4v) is 0.427. The molecule has 0 unspecified atom stereocenters. The van der Waals surface area contributed by atoms with Gasteiger partial charge in [0.25, 0.3) is 0 Å². The van der Waals surface area contributed by atoms with Gasteiger partial charge in [-0.1, -0.05) is 0 Å². The molecule has 0 aliphatic heterocycles. The van der Waals surface area contributed by atoms with Gasteiger partial charge in [0.1, 0.15) is 0 Å². The summed E-state index contributed by atoms with van der Waals surface area (Å²) in [5.41, 5.74) is 20.1. The van der Waals surface area contributed by atoms with Crippen molar-refractivity contribution in [1.82, 2.24) is 15.0 Å². The van der Waals surface area contributed by atoms with Crippen molar-refractivity contribution in [2.75, 3.05) is 17.2 Å². The average molecular weight is 184 g/mol. The number of amidine groups is 1. The van der Waals surface area contributed by atoms with Crippen molar-refractivity contribution in [2.24, 2.45) is 5.73 Å². The molecule has 0 atom stereocenters. The van der Waals surface area contributed by atoms with Crippen molar-refractivity contribution in [2.45, 2.75) is 6.92 Å². The highest BCUT2D eigenvalue weighted by atomic mass is 15.2. The highest BCUT2D eigenvalue weighted by Gasteiger charge is 1.93. The first-order valence-electron chi connectivity index (χ1n) is 3.25. The van der Waals surface area contributed by atoms with Crippen molar-refractivity contribution >= 4 is 23.7 Å². The first kappa shape index (κ1) is 10.9. The number of nitrogen functional groups attached to an aromatic ring is 3. The first-order chi connectivity index (χ1) is 5.91. The van der Waals surface area contributed by atoms with Crippen molar-refractivity contribution in [3.63, 3.8) is 0 Å². The molecular formula is C5H12N8. The molecule has 0 radical (unpaired) electrons. The van der Waals surface area contributed by atoms with Crippen LogP contribution < -0.4 is 22.9 Å². The highest BCUT2D eigenvalue weighted by molar-refractivity contribution is 5.73. The summed E-state index contributed by atoms with van der Waals surface area (Å²) in [5.74, 6) is 0.292. The minimum Gasteiger partial charge on any atom is -0.388 e. The number of hydrogen-bond acceptors (Lipinski definition) is 7. The fraction of sp³-hybridized carbons (Fsp3) is 0.200. The second-order valence-corrected chi connectivity index (χ2v) is 2.09. The highest BCUT2D eigenvalue weighted by Crippen LogP contribution is 1.97. The van der Waals surface area contributed by atoms with E-state index in [2.05, 4.69) is 15.0 Å². The van der Waals surface area contributed by atoms with Crippen molar-refractivity contribution in [3.05, 3.63) is 0 Å². The zero-order chi connectivity index (χ0) is 10.4. The Bertz CT molecular complexity index is 240. The molecule has 0 saturated carbocycles. The van der Waals surface area contributed by atoms with Gasteiger partial charge in [-0.2, -0.15) is 15.0 Å². The summed E-state index contributed by atoms with van der Waals surface area (Å²) in [6.45, 7) is 1.53. The molecule has 1 aromatic rings. The third-order valence-electron chi connectivity index (χ3n) is 0.687. The van der Waals surface area contributed by atoms with Crippen LogP contribution in [-0.2, 0) is 0 Å². The quantitative estimate of drug-likeness (QED) is 0.243. The monoisotopic (exact) mass is 184 g/mol. The van der Waals surface area contributed by atoms with Crippen LogP contribution in [0.2, 0.25) is 0 Å². The third kappa shape index (κ3) is 6.28. The maximum absolute atomic E-state index is 6.28. The van der Waals surface area contributed by atoms with E-state index in [-0.39, 0.29) is 23.7 Å². The van der Waals surface area contributed by atoms with Crippen LogP contribution in [0.5, 0.6) is 0 Å². The van der Waals surface area contributed by atoms with Gasteiger partial charge in [-0.05, 0) is 6.92 Å². The van der Waals surface area contributed by atoms with Crippen LogP contribution in [0.4, 0.5) is 17.8 Å². The van der Waals surface area contributed by atoms with E-state index in [1.165, 1.54) is 6.92 Å². The second kappa shape index (κ2) is 4.70. The second-order valence-electron chi connectivity index (χ2n) is 2.09. The minimum atomic E-state index is 0.0417. The van der Waals surface area contributed by atoms with Crippen molar-refractivity contribution in [3.8, 4) is 0 Å². The molecule has 0 saturated heterocycles. The Morgan fingerprint density at radius 3 is 1.31 bits per heavy atom. The maximum Gasteiger partial charge on any atom is 0.226 e. The van der Waals surface area contributed by atoms with Gasteiger partial charge in [-0.3, -0.25) is 5.41 Å². The van der Waals surface area contributed by atoms with E-state index in [1.807, 2.05) is 0 Å². The summed E-state index contributed by atoms with van der Waals surface area (Å²) in [4.78, 5) is 10.5. The summed E-state index contributed by atoms with van der Waals surface area (Å²) in [7, 11) is 0. The molecule has 9 N–H and O–H groups in total. The Kier molecular flexibility index (Phi) is 3.93. The standard InChI is InChI=1S/C3H6N6.C2H6N2/c4-1-7-2(5)9-3(6)8-1;1-2(3)4/h(H6,4,5,6,7,8,9);1H3,(H3,3,4). The summed E-state index contributed by atoms with van der Waals surface area (Å²) < 4.78 is 0. The number of anilines is 3. The van der Waals surface area contributed by atoms with Gasteiger partial charge in [0.05, 0.1) is 5.84 Å². The van der Waals surface area contributed by atoms with Gasteiger partial charge in [-0.25, -0.2) is 0 Å². The van der Waals surface area contributed by atoms with Gasteiger partial charge in [0, 0.05) is 0 Å². The molecule has 0 fully saturated rings. The SMILES string of the molecule is CC(=N)N.Nc1nc(N)nc(N)n1. The van der Waals surface area contributed by atoms with Gasteiger partial charge >= 0.3 is 0 Å². The summed E-state index contributed by atoms with van der Waals surface area (Å²) in [6.07, 6.45) is 0. The van der Waals surface area contributed by atoms with Crippen molar-refractivity contribution in [1.29, 1.82) is 5.41 Å². The Balaban J connectivity index is 0.000000310. The zero-order valence-corrected chi connectivity index (χ0v) is 7.15. The van der Waals surface area contributed by atoms with E-state index in [1.54, 1.807) is 0 Å². The van der Waals surface area contributed by atoms with Gasteiger partial charge in [0.2, 0.25) is 17.8 Å². The molecule has 8 nitrogen and oxygen atoms in total. The predicted octanol–water partition coefficient (Wildman–Crippen LogP) is -1.44. The van der Waals surface area contributed by atoms with Crippen molar-refractivity contribution < 1.29 is 0 Å². The lowest BCUT2D eigenvalue weighted by Crippen LogP contribution is -2.05. The van der Waals surface area contributed by atoms with Gasteiger partial charge < -0.3 is 22.9 Å². The van der Waals surface area contributed by atoms with Crippen LogP contribution in [-0.4, -0.2) is 20.8 Å². The van der Waals surface area contributed by atoms with Crippen LogP contribution in [0.3, 0.4) is 0 Å². The molecule has 13 heavy (non-hydrogen) atoms. The molecule has 0 spiro atoms. The van der Waals surface area contributed by atoms with E-state index in [9.17, 15) is 0 Å². The number of nitrogens with one attached hydrogen (secondary N) is 1. The molecule has 0 amide bonds. The van der Waals surface area contributed by atoms with E-state index < -0.39 is 0 Å². The van der Waals surface area contributed by atoms with Crippen LogP contribution in [0.25, 0.3) is 0 Å². The molecule has 0 bridgehead atoms. The molecular weight excluding hydrogens is 172 g/mol. The normalized spacial score (nSPS) is 8.38. The average Bonchev–Trinajstić information content (AvgIpc) is 1.80. The Labute approximate surface area is 74.9 Å². The topological polar surface area (TPSA) is 167 Å². The molecule has 1 aromatic heterocycles. The molecule has 72 valence electrons. The van der Waals surface area contributed by atoms with Crippen LogP contribution in [0.1, 0.15) is 6.92 Å². The number of nitrogens with two attached hydrogens (primary N) is 4. The number of hydrogen-bond donors (Lipinski definition) is 5. The van der Waals surface area contributed by atoms with E-state index >= 15 is 0 Å². The maximum atomic E-state index is 6.28. The summed E-state index contributed by atoms with van der Waals surface area (Å²) in [5, 5.41) is 6.28.